The topological polar surface area (TPSA) is 92.6 Å². The molecule has 1 aliphatic rings. The van der Waals surface area contributed by atoms with E-state index in [1.165, 1.54) is 4.31 Å². The van der Waals surface area contributed by atoms with E-state index in [-0.39, 0.29) is 20.9 Å². The minimum atomic E-state index is -3.69. The maximum Gasteiger partial charge on any atom is 0.304 e. The second-order valence-electron chi connectivity index (χ2n) is 5.40. The Morgan fingerprint density at radius 2 is 2.14 bits per heavy atom. The fourth-order valence-corrected chi connectivity index (χ4v) is 5.18. The van der Waals surface area contributed by atoms with Crippen LogP contribution in [0.15, 0.2) is 10.3 Å². The lowest BCUT2D eigenvalue weighted by atomic mass is 10.3. The number of anilines is 1. The predicted molar refractivity (Wildman–Crippen MR) is 82.3 cm³/mol. The summed E-state index contributed by atoms with van der Waals surface area (Å²) in [5, 5.41) is 13.9. The van der Waals surface area contributed by atoms with Gasteiger partial charge in [0.25, 0.3) is 10.0 Å². The highest BCUT2D eigenvalue weighted by Crippen LogP contribution is 2.39. The monoisotopic (exact) mass is 333 g/mol. The van der Waals surface area contributed by atoms with Crippen LogP contribution in [-0.4, -0.2) is 37.3 Å². The SMILES string of the molecule is CNc1sc(S(=O)(=O)N(CC2CC2)C(C)C)cc1[N+](=O)[O-]. The first kappa shape index (κ1) is 16.2. The molecule has 21 heavy (non-hydrogen) atoms. The standard InChI is InChI=1S/C12H19N3O4S2/c1-8(2)14(7-9-4-5-9)21(18,19)11-6-10(15(16)17)12(13-3)20-11/h6,8-9,13H,4-5,7H2,1-3H3. The summed E-state index contributed by atoms with van der Waals surface area (Å²) < 4.78 is 26.9. The quantitative estimate of drug-likeness (QED) is 0.611. The van der Waals surface area contributed by atoms with Gasteiger partial charge in [0.2, 0.25) is 0 Å². The van der Waals surface area contributed by atoms with Gasteiger partial charge in [-0.25, -0.2) is 8.42 Å². The molecule has 0 radical (unpaired) electrons. The van der Waals surface area contributed by atoms with E-state index in [2.05, 4.69) is 5.32 Å². The van der Waals surface area contributed by atoms with Gasteiger partial charge >= 0.3 is 5.69 Å². The van der Waals surface area contributed by atoms with E-state index in [4.69, 9.17) is 0 Å². The highest BCUT2D eigenvalue weighted by atomic mass is 32.2. The second kappa shape index (κ2) is 5.90. The fourth-order valence-electron chi connectivity index (χ4n) is 2.06. The van der Waals surface area contributed by atoms with Gasteiger partial charge in [-0.1, -0.05) is 11.3 Å². The average molecular weight is 333 g/mol. The van der Waals surface area contributed by atoms with Crippen LogP contribution in [0.4, 0.5) is 10.7 Å². The van der Waals surface area contributed by atoms with Crippen molar-refractivity contribution in [3.05, 3.63) is 16.2 Å². The lowest BCUT2D eigenvalue weighted by Crippen LogP contribution is -2.38. The van der Waals surface area contributed by atoms with Crippen molar-refractivity contribution in [2.75, 3.05) is 18.9 Å². The zero-order valence-corrected chi connectivity index (χ0v) is 13.8. The second-order valence-corrected chi connectivity index (χ2v) is 8.57. The maximum absolute atomic E-state index is 12.7. The van der Waals surface area contributed by atoms with Crippen LogP contribution in [0.25, 0.3) is 0 Å². The van der Waals surface area contributed by atoms with Crippen LogP contribution in [0, 0.1) is 16.0 Å². The maximum atomic E-state index is 12.7. The summed E-state index contributed by atoms with van der Waals surface area (Å²) in [7, 11) is -2.15. The summed E-state index contributed by atoms with van der Waals surface area (Å²) in [5.74, 6) is 0.417. The van der Waals surface area contributed by atoms with E-state index >= 15 is 0 Å². The molecule has 0 unspecified atom stereocenters. The molecule has 1 heterocycles. The van der Waals surface area contributed by atoms with Gasteiger partial charge in [0, 0.05) is 25.7 Å². The van der Waals surface area contributed by atoms with Crippen molar-refractivity contribution in [2.24, 2.45) is 5.92 Å². The Morgan fingerprint density at radius 3 is 2.52 bits per heavy atom. The Morgan fingerprint density at radius 1 is 1.52 bits per heavy atom. The van der Waals surface area contributed by atoms with Crippen LogP contribution in [0.3, 0.4) is 0 Å². The third-order valence-electron chi connectivity index (χ3n) is 3.39. The minimum Gasteiger partial charge on any atom is -0.374 e. The molecule has 0 bridgehead atoms. The van der Waals surface area contributed by atoms with Crippen molar-refractivity contribution in [3.8, 4) is 0 Å². The van der Waals surface area contributed by atoms with Crippen molar-refractivity contribution in [3.63, 3.8) is 0 Å². The molecule has 1 fully saturated rings. The molecule has 0 amide bonds. The van der Waals surface area contributed by atoms with Crippen LogP contribution in [0.2, 0.25) is 0 Å². The summed E-state index contributed by atoms with van der Waals surface area (Å²) in [5.41, 5.74) is -0.198. The first-order valence-corrected chi connectivity index (χ1v) is 9.00. The van der Waals surface area contributed by atoms with Crippen LogP contribution < -0.4 is 5.32 Å². The first-order valence-electron chi connectivity index (χ1n) is 6.75. The van der Waals surface area contributed by atoms with Crippen LogP contribution in [-0.2, 0) is 10.0 Å². The molecule has 1 aromatic rings. The highest BCUT2D eigenvalue weighted by Gasteiger charge is 2.36. The van der Waals surface area contributed by atoms with Gasteiger partial charge in [-0.05, 0) is 32.6 Å². The van der Waals surface area contributed by atoms with Gasteiger partial charge in [0.1, 0.15) is 4.21 Å². The normalized spacial score (nSPS) is 15.7. The highest BCUT2D eigenvalue weighted by molar-refractivity contribution is 7.91. The van der Waals surface area contributed by atoms with E-state index in [9.17, 15) is 18.5 Å². The molecule has 0 spiro atoms. The molecular formula is C12H19N3O4S2. The number of thiophene rings is 1. The van der Waals surface area contributed by atoms with Gasteiger partial charge in [-0.3, -0.25) is 10.1 Å². The van der Waals surface area contributed by atoms with Gasteiger partial charge in [0.05, 0.1) is 4.92 Å². The lowest BCUT2D eigenvalue weighted by Gasteiger charge is -2.24. The van der Waals surface area contributed by atoms with E-state index in [0.717, 1.165) is 30.2 Å². The largest absolute Gasteiger partial charge is 0.374 e. The van der Waals surface area contributed by atoms with E-state index in [1.807, 2.05) is 13.8 Å². The molecule has 1 saturated carbocycles. The van der Waals surface area contributed by atoms with Gasteiger partial charge in [0.15, 0.2) is 5.00 Å². The molecule has 118 valence electrons. The Balaban J connectivity index is 2.39. The summed E-state index contributed by atoms with van der Waals surface area (Å²) in [6.07, 6.45) is 2.09. The Hall–Kier alpha value is -1.19. The van der Waals surface area contributed by atoms with Crippen LogP contribution >= 0.6 is 11.3 Å². The van der Waals surface area contributed by atoms with Crippen molar-refractivity contribution in [1.82, 2.24) is 4.31 Å². The third-order valence-corrected chi connectivity index (χ3v) is 7.02. The number of nitrogens with zero attached hydrogens (tertiary/aromatic N) is 2. The number of hydrogen-bond donors (Lipinski definition) is 1. The molecule has 9 heteroatoms. The average Bonchev–Trinajstić information content (AvgIpc) is 3.10. The molecule has 0 aromatic carbocycles. The van der Waals surface area contributed by atoms with Crippen molar-refractivity contribution in [1.29, 1.82) is 0 Å². The van der Waals surface area contributed by atoms with E-state index in [1.54, 1.807) is 7.05 Å². The molecular weight excluding hydrogens is 314 g/mol. The molecule has 7 nitrogen and oxygen atoms in total. The van der Waals surface area contributed by atoms with Crippen molar-refractivity contribution >= 4 is 32.0 Å². The molecule has 1 N–H and O–H groups in total. The minimum absolute atomic E-state index is 0.0212. The number of hydrogen-bond acceptors (Lipinski definition) is 6. The van der Waals surface area contributed by atoms with Crippen LogP contribution in [0.1, 0.15) is 26.7 Å². The lowest BCUT2D eigenvalue weighted by molar-refractivity contribution is -0.383. The zero-order valence-electron chi connectivity index (χ0n) is 12.2. The van der Waals surface area contributed by atoms with Gasteiger partial charge in [-0.15, -0.1) is 0 Å². The van der Waals surface area contributed by atoms with E-state index < -0.39 is 14.9 Å². The number of nitro groups is 1. The number of nitrogens with one attached hydrogen (secondary N) is 1. The molecule has 2 rings (SSSR count). The first-order chi connectivity index (χ1) is 9.77. The van der Waals surface area contributed by atoms with Crippen molar-refractivity contribution in [2.45, 2.75) is 36.9 Å². The molecule has 1 aromatic heterocycles. The third kappa shape index (κ3) is 3.35. The van der Waals surface area contributed by atoms with Crippen molar-refractivity contribution < 1.29 is 13.3 Å². The molecule has 0 atom stereocenters. The summed E-state index contributed by atoms with van der Waals surface area (Å²) in [4.78, 5) is 10.4. The number of rotatable bonds is 7. The summed E-state index contributed by atoms with van der Waals surface area (Å²) in [6, 6.07) is 0.975. The predicted octanol–water partition coefficient (Wildman–Crippen LogP) is 2.51. The molecule has 0 saturated heterocycles. The fraction of sp³-hybridized carbons (Fsp3) is 0.667. The summed E-state index contributed by atoms with van der Waals surface area (Å²) in [6.45, 7) is 4.13. The van der Waals surface area contributed by atoms with Gasteiger partial charge < -0.3 is 5.32 Å². The number of sulfonamides is 1. The Bertz CT molecular complexity index is 635. The Labute approximate surface area is 128 Å². The molecule has 0 aliphatic heterocycles. The smallest absolute Gasteiger partial charge is 0.304 e. The zero-order chi connectivity index (χ0) is 15.8. The van der Waals surface area contributed by atoms with Crippen LogP contribution in [0.5, 0.6) is 0 Å². The van der Waals surface area contributed by atoms with E-state index in [0.29, 0.717) is 12.5 Å². The Kier molecular flexibility index (Phi) is 4.54. The van der Waals surface area contributed by atoms with Gasteiger partial charge in [-0.2, -0.15) is 4.31 Å². The summed E-state index contributed by atoms with van der Waals surface area (Å²) >= 11 is 0.906. The molecule has 1 aliphatic carbocycles.